The fourth-order valence-corrected chi connectivity index (χ4v) is 2.93. The van der Waals surface area contributed by atoms with Gasteiger partial charge in [-0.25, -0.2) is 9.59 Å². The number of likely N-dealkylation sites (tertiary alicyclic amines) is 1. The Kier molecular flexibility index (Phi) is 7.25. The molecular weight excluding hydrogens is 322 g/mol. The molecule has 1 aromatic rings. The van der Waals surface area contributed by atoms with Crippen LogP contribution in [0.15, 0.2) is 30.3 Å². The molecular formula is C19H27NO5. The zero-order valence-corrected chi connectivity index (χ0v) is 14.9. The fourth-order valence-electron chi connectivity index (χ4n) is 2.93. The van der Waals surface area contributed by atoms with E-state index in [2.05, 4.69) is 0 Å². The van der Waals surface area contributed by atoms with Gasteiger partial charge in [0.2, 0.25) is 0 Å². The van der Waals surface area contributed by atoms with Crippen molar-refractivity contribution < 1.29 is 24.2 Å². The molecule has 2 atom stereocenters. The van der Waals surface area contributed by atoms with Gasteiger partial charge in [0, 0.05) is 13.1 Å². The molecule has 25 heavy (non-hydrogen) atoms. The number of carbonyl (C=O) groups is 2. The molecule has 0 radical (unpaired) electrons. The summed E-state index contributed by atoms with van der Waals surface area (Å²) in [4.78, 5) is 25.2. The van der Waals surface area contributed by atoms with E-state index in [9.17, 15) is 9.59 Å². The summed E-state index contributed by atoms with van der Waals surface area (Å²) in [5.41, 5.74) is 0.972. The minimum absolute atomic E-state index is 0.199. The van der Waals surface area contributed by atoms with Crippen LogP contribution in [0, 0.1) is 11.8 Å². The second-order valence-electron chi connectivity index (χ2n) is 6.65. The van der Waals surface area contributed by atoms with Crippen molar-refractivity contribution in [2.45, 2.75) is 39.4 Å². The Morgan fingerprint density at radius 3 is 2.40 bits per heavy atom. The highest BCUT2D eigenvalue weighted by Crippen LogP contribution is 2.25. The number of ether oxygens (including phenoxy) is 2. The van der Waals surface area contributed by atoms with Crippen LogP contribution in [0.4, 0.5) is 4.79 Å². The molecule has 0 bridgehead atoms. The molecule has 2 rings (SSSR count). The predicted molar refractivity (Wildman–Crippen MR) is 92.7 cm³/mol. The molecule has 0 saturated carbocycles. The zero-order valence-electron chi connectivity index (χ0n) is 14.9. The quantitative estimate of drug-likeness (QED) is 0.799. The number of amides is 1. The Balaban J connectivity index is 1.69. The van der Waals surface area contributed by atoms with Crippen LogP contribution >= 0.6 is 0 Å². The maximum absolute atomic E-state index is 12.1. The van der Waals surface area contributed by atoms with Crippen LogP contribution < -0.4 is 0 Å². The number of aliphatic hydroxyl groups is 1. The lowest BCUT2D eigenvalue weighted by molar-refractivity contribution is -0.154. The molecule has 1 saturated heterocycles. The first-order valence-electron chi connectivity index (χ1n) is 8.77. The van der Waals surface area contributed by atoms with E-state index in [1.165, 1.54) is 6.92 Å². The topological polar surface area (TPSA) is 76.1 Å². The monoisotopic (exact) mass is 349 g/mol. The third-order valence-electron chi connectivity index (χ3n) is 4.64. The molecule has 6 nitrogen and oxygen atoms in total. The van der Waals surface area contributed by atoms with Crippen molar-refractivity contribution in [2.75, 3.05) is 19.7 Å². The van der Waals surface area contributed by atoms with Crippen LogP contribution in [0.25, 0.3) is 0 Å². The summed E-state index contributed by atoms with van der Waals surface area (Å²) in [5, 5.41) is 9.14. The Labute approximate surface area is 148 Å². The van der Waals surface area contributed by atoms with Crippen LogP contribution in [0.3, 0.4) is 0 Å². The van der Waals surface area contributed by atoms with Crippen molar-refractivity contribution >= 4 is 12.1 Å². The van der Waals surface area contributed by atoms with Crippen molar-refractivity contribution in [1.29, 1.82) is 0 Å². The van der Waals surface area contributed by atoms with Gasteiger partial charge in [0.25, 0.3) is 0 Å². The Morgan fingerprint density at radius 2 is 1.80 bits per heavy atom. The normalized spacial score (nSPS) is 17.6. The van der Waals surface area contributed by atoms with Crippen LogP contribution in [0.1, 0.15) is 32.3 Å². The smallest absolute Gasteiger partial charge is 0.410 e. The lowest BCUT2D eigenvalue weighted by Gasteiger charge is -2.34. The van der Waals surface area contributed by atoms with Crippen molar-refractivity contribution in [3.63, 3.8) is 0 Å². The third-order valence-corrected chi connectivity index (χ3v) is 4.64. The van der Waals surface area contributed by atoms with Crippen LogP contribution in [-0.2, 0) is 20.9 Å². The molecule has 1 aliphatic rings. The van der Waals surface area contributed by atoms with E-state index in [0.29, 0.717) is 25.6 Å². The van der Waals surface area contributed by atoms with E-state index in [4.69, 9.17) is 14.6 Å². The number of hydrogen-bond acceptors (Lipinski definition) is 5. The summed E-state index contributed by atoms with van der Waals surface area (Å²) in [6.07, 6.45) is 0.339. The average molecular weight is 349 g/mol. The lowest BCUT2D eigenvalue weighted by Crippen LogP contribution is -2.40. The van der Waals surface area contributed by atoms with Gasteiger partial charge in [-0.2, -0.15) is 0 Å². The van der Waals surface area contributed by atoms with E-state index in [1.807, 2.05) is 37.3 Å². The van der Waals surface area contributed by atoms with E-state index in [0.717, 1.165) is 18.4 Å². The Hall–Kier alpha value is -2.08. The first kappa shape index (κ1) is 19.2. The Morgan fingerprint density at radius 1 is 1.16 bits per heavy atom. The number of benzene rings is 1. The summed E-state index contributed by atoms with van der Waals surface area (Å²) >= 11 is 0. The van der Waals surface area contributed by atoms with Gasteiger partial charge in [-0.1, -0.05) is 37.3 Å². The third kappa shape index (κ3) is 6.05. The molecule has 1 aliphatic heterocycles. The van der Waals surface area contributed by atoms with Crippen molar-refractivity contribution in [3.8, 4) is 0 Å². The summed E-state index contributed by atoms with van der Waals surface area (Å²) in [7, 11) is 0. The van der Waals surface area contributed by atoms with E-state index < -0.39 is 12.1 Å². The van der Waals surface area contributed by atoms with Gasteiger partial charge in [0.15, 0.2) is 0 Å². The molecule has 1 fully saturated rings. The van der Waals surface area contributed by atoms with E-state index in [1.54, 1.807) is 4.90 Å². The number of nitrogens with zero attached hydrogens (tertiary/aromatic N) is 1. The highest BCUT2D eigenvalue weighted by Gasteiger charge is 2.28. The van der Waals surface area contributed by atoms with Gasteiger partial charge < -0.3 is 19.5 Å². The van der Waals surface area contributed by atoms with Gasteiger partial charge in [-0.3, -0.25) is 0 Å². The van der Waals surface area contributed by atoms with Gasteiger partial charge in [0.1, 0.15) is 12.7 Å². The molecule has 1 heterocycles. The van der Waals surface area contributed by atoms with Crippen molar-refractivity contribution in [3.05, 3.63) is 35.9 Å². The average Bonchev–Trinajstić information content (AvgIpc) is 2.64. The van der Waals surface area contributed by atoms with Gasteiger partial charge in [0.05, 0.1) is 6.61 Å². The molecule has 1 N–H and O–H groups in total. The number of esters is 1. The number of aliphatic hydroxyl groups excluding tert-OH is 1. The number of rotatable bonds is 6. The highest BCUT2D eigenvalue weighted by atomic mass is 16.6. The summed E-state index contributed by atoms with van der Waals surface area (Å²) in [6.45, 7) is 5.30. The molecule has 1 amide bonds. The first-order chi connectivity index (χ1) is 12.0. The summed E-state index contributed by atoms with van der Waals surface area (Å²) < 4.78 is 10.4. The largest absolute Gasteiger partial charge is 0.463 e. The minimum atomic E-state index is -1.09. The molecule has 138 valence electrons. The van der Waals surface area contributed by atoms with E-state index >= 15 is 0 Å². The maximum atomic E-state index is 12.1. The number of carbonyl (C=O) groups excluding carboxylic acids is 2. The molecule has 0 spiro atoms. The fraction of sp³-hybridized carbons (Fsp3) is 0.579. The standard InChI is InChI=1S/C19H27NO5/c1-14(12-24-18(22)15(2)21)17-8-10-20(11-9-17)19(23)25-13-16-6-4-3-5-7-16/h3-7,14-15,17,21H,8-13H2,1-2H3/t14?,15-/m0/s1. The van der Waals surface area contributed by atoms with Crippen LogP contribution in [0.5, 0.6) is 0 Å². The number of piperidine rings is 1. The number of hydrogen-bond donors (Lipinski definition) is 1. The van der Waals surface area contributed by atoms with Crippen molar-refractivity contribution in [2.24, 2.45) is 11.8 Å². The maximum Gasteiger partial charge on any atom is 0.410 e. The molecule has 6 heteroatoms. The second kappa shape index (κ2) is 9.42. The highest BCUT2D eigenvalue weighted by molar-refractivity contribution is 5.73. The Bertz CT molecular complexity index is 552. The summed E-state index contributed by atoms with van der Waals surface area (Å²) in [5.74, 6) is -0.000984. The predicted octanol–water partition coefficient (Wildman–Crippen LogP) is 2.60. The molecule has 1 aromatic carbocycles. The first-order valence-corrected chi connectivity index (χ1v) is 8.77. The zero-order chi connectivity index (χ0) is 18.2. The van der Waals surface area contributed by atoms with Crippen molar-refractivity contribution in [1.82, 2.24) is 4.90 Å². The summed E-state index contributed by atoms with van der Waals surface area (Å²) in [6, 6.07) is 9.61. The van der Waals surface area contributed by atoms with Gasteiger partial charge >= 0.3 is 12.1 Å². The van der Waals surface area contributed by atoms with Gasteiger partial charge in [-0.15, -0.1) is 0 Å². The minimum Gasteiger partial charge on any atom is -0.463 e. The van der Waals surface area contributed by atoms with Gasteiger partial charge in [-0.05, 0) is 37.2 Å². The lowest BCUT2D eigenvalue weighted by atomic mass is 9.86. The molecule has 1 unspecified atom stereocenters. The SMILES string of the molecule is CC(COC(=O)[C@H](C)O)C1CCN(C(=O)OCc2ccccc2)CC1. The van der Waals surface area contributed by atoms with Crippen LogP contribution in [-0.4, -0.2) is 47.9 Å². The second-order valence-corrected chi connectivity index (χ2v) is 6.65. The molecule has 0 aromatic heterocycles. The molecule has 0 aliphatic carbocycles. The van der Waals surface area contributed by atoms with Crippen LogP contribution in [0.2, 0.25) is 0 Å². The van der Waals surface area contributed by atoms with E-state index in [-0.39, 0.29) is 18.6 Å².